The smallest absolute Gasteiger partial charge is 0.406 e. The molecule has 0 atom stereocenters. The first kappa shape index (κ1) is 23.6. The number of alkyl halides is 3. The fourth-order valence-corrected chi connectivity index (χ4v) is 4.58. The van der Waals surface area contributed by atoms with Gasteiger partial charge in [-0.3, -0.25) is 0 Å². The molecule has 1 saturated carbocycles. The zero-order valence-corrected chi connectivity index (χ0v) is 17.8. The summed E-state index contributed by atoms with van der Waals surface area (Å²) in [4.78, 5) is 0. The fourth-order valence-electron chi connectivity index (χ4n) is 4.58. The molecule has 31 heavy (non-hydrogen) atoms. The molecular weight excluding hydrogens is 411 g/mol. The van der Waals surface area contributed by atoms with Crippen LogP contribution >= 0.6 is 0 Å². The van der Waals surface area contributed by atoms with E-state index < -0.39 is 23.7 Å². The Morgan fingerprint density at radius 1 is 0.871 bits per heavy atom. The fraction of sp³-hybridized carbons (Fsp3) is 0.520. The van der Waals surface area contributed by atoms with E-state index in [1.165, 1.54) is 62.8 Å². The van der Waals surface area contributed by atoms with E-state index in [4.69, 9.17) is 0 Å². The average Bonchev–Trinajstić information content (AvgIpc) is 2.69. The summed E-state index contributed by atoms with van der Waals surface area (Å²) in [6.07, 6.45) is 5.45. The number of hydrogen-bond donors (Lipinski definition) is 0. The van der Waals surface area contributed by atoms with Crippen LogP contribution in [-0.2, 0) is 6.42 Å². The lowest BCUT2D eigenvalue weighted by Crippen LogP contribution is -2.17. The van der Waals surface area contributed by atoms with Gasteiger partial charge >= 0.3 is 6.36 Å². The molecule has 2 aromatic rings. The third kappa shape index (κ3) is 6.94. The summed E-state index contributed by atoms with van der Waals surface area (Å²) in [5.74, 6) is -0.617. The third-order valence-corrected chi connectivity index (χ3v) is 6.19. The highest BCUT2D eigenvalue weighted by Crippen LogP contribution is 2.35. The van der Waals surface area contributed by atoms with Gasteiger partial charge in [0.2, 0.25) is 0 Å². The number of benzene rings is 2. The van der Waals surface area contributed by atoms with Crippen LogP contribution in [0.5, 0.6) is 5.75 Å². The van der Waals surface area contributed by atoms with Gasteiger partial charge in [-0.25, -0.2) is 8.78 Å². The Morgan fingerprint density at radius 3 is 2.00 bits per heavy atom. The zero-order chi connectivity index (χ0) is 22.4. The lowest BCUT2D eigenvalue weighted by molar-refractivity contribution is -0.274. The molecule has 0 saturated heterocycles. The minimum atomic E-state index is -4.81. The Hall–Kier alpha value is -2.11. The largest absolute Gasteiger partial charge is 0.573 e. The second-order valence-corrected chi connectivity index (χ2v) is 8.59. The van der Waals surface area contributed by atoms with E-state index in [-0.39, 0.29) is 11.1 Å². The van der Waals surface area contributed by atoms with E-state index in [0.717, 1.165) is 30.9 Å². The topological polar surface area (TPSA) is 9.23 Å². The lowest BCUT2D eigenvalue weighted by atomic mass is 9.77. The van der Waals surface area contributed by atoms with Crippen LogP contribution in [0.2, 0.25) is 0 Å². The first-order chi connectivity index (χ1) is 14.7. The molecule has 0 bridgehead atoms. The third-order valence-electron chi connectivity index (χ3n) is 6.19. The maximum Gasteiger partial charge on any atom is 0.573 e. The van der Waals surface area contributed by atoms with Crippen LogP contribution in [0.1, 0.15) is 63.9 Å². The van der Waals surface area contributed by atoms with Gasteiger partial charge in [0.15, 0.2) is 0 Å². The highest BCUT2D eigenvalue weighted by Gasteiger charge is 2.31. The molecule has 0 unspecified atom stereocenters. The molecule has 1 nitrogen and oxygen atoms in total. The molecule has 170 valence electrons. The van der Waals surface area contributed by atoms with Crippen LogP contribution < -0.4 is 4.74 Å². The zero-order valence-electron chi connectivity index (χ0n) is 17.8. The molecule has 0 aliphatic heterocycles. The summed E-state index contributed by atoms with van der Waals surface area (Å²) in [7, 11) is 0. The molecule has 2 aromatic carbocycles. The van der Waals surface area contributed by atoms with E-state index in [1.54, 1.807) is 0 Å². The van der Waals surface area contributed by atoms with Gasteiger partial charge in [-0.05, 0) is 66.5 Å². The molecule has 0 heterocycles. The minimum absolute atomic E-state index is 0.170. The maximum atomic E-state index is 14.7. The van der Waals surface area contributed by atoms with E-state index in [2.05, 4.69) is 11.7 Å². The van der Waals surface area contributed by atoms with Crippen LogP contribution in [0, 0.1) is 23.5 Å². The second kappa shape index (κ2) is 10.5. The van der Waals surface area contributed by atoms with Gasteiger partial charge in [0.25, 0.3) is 0 Å². The average molecular weight is 440 g/mol. The SMILES string of the molecule is CCCCCC1CCC(Cc2cc(F)c(-c3ccc(OC(F)(F)F)cc3)c(F)c2)CC1. The quantitative estimate of drug-likeness (QED) is 0.295. The Balaban J connectivity index is 1.62. The second-order valence-electron chi connectivity index (χ2n) is 8.59. The van der Waals surface area contributed by atoms with Crippen molar-refractivity contribution >= 4 is 0 Å². The molecule has 0 radical (unpaired) electrons. The highest BCUT2D eigenvalue weighted by molar-refractivity contribution is 5.66. The molecule has 0 amide bonds. The molecule has 1 fully saturated rings. The number of rotatable bonds is 8. The van der Waals surface area contributed by atoms with Gasteiger partial charge in [0.1, 0.15) is 17.4 Å². The van der Waals surface area contributed by atoms with Crippen molar-refractivity contribution in [2.75, 3.05) is 0 Å². The van der Waals surface area contributed by atoms with Gasteiger partial charge < -0.3 is 4.74 Å². The summed E-state index contributed by atoms with van der Waals surface area (Å²) in [6, 6.07) is 7.25. The first-order valence-corrected chi connectivity index (χ1v) is 11.1. The van der Waals surface area contributed by atoms with Crippen molar-refractivity contribution in [3.63, 3.8) is 0 Å². The van der Waals surface area contributed by atoms with Crippen LogP contribution in [0.4, 0.5) is 22.0 Å². The number of ether oxygens (including phenoxy) is 1. The molecule has 0 aromatic heterocycles. The summed E-state index contributed by atoms with van der Waals surface area (Å²) in [6.45, 7) is 2.21. The normalized spacial score (nSPS) is 19.4. The van der Waals surface area contributed by atoms with Gasteiger partial charge in [-0.1, -0.05) is 57.6 Å². The van der Waals surface area contributed by atoms with E-state index in [9.17, 15) is 22.0 Å². The Kier molecular flexibility index (Phi) is 7.95. The lowest BCUT2D eigenvalue weighted by Gasteiger charge is -2.28. The van der Waals surface area contributed by atoms with Crippen molar-refractivity contribution in [2.24, 2.45) is 11.8 Å². The number of halogens is 5. The van der Waals surface area contributed by atoms with Gasteiger partial charge in [0.05, 0.1) is 5.56 Å². The Labute approximate surface area is 180 Å². The van der Waals surface area contributed by atoms with E-state index in [0.29, 0.717) is 17.9 Å². The number of hydrogen-bond acceptors (Lipinski definition) is 1. The van der Waals surface area contributed by atoms with E-state index in [1.807, 2.05) is 0 Å². The van der Waals surface area contributed by atoms with Crippen LogP contribution in [-0.4, -0.2) is 6.36 Å². The van der Waals surface area contributed by atoms with Crippen molar-refractivity contribution < 1.29 is 26.7 Å². The van der Waals surface area contributed by atoms with Gasteiger partial charge in [-0.15, -0.1) is 13.2 Å². The van der Waals surface area contributed by atoms with Crippen LogP contribution in [0.15, 0.2) is 36.4 Å². The van der Waals surface area contributed by atoms with Crippen molar-refractivity contribution in [1.82, 2.24) is 0 Å². The molecule has 1 aliphatic carbocycles. The molecule has 3 rings (SSSR count). The summed E-state index contributed by atoms with van der Waals surface area (Å²) in [5.41, 5.74) is 0.566. The van der Waals surface area contributed by atoms with Crippen molar-refractivity contribution in [2.45, 2.75) is 71.1 Å². The van der Waals surface area contributed by atoms with Crippen molar-refractivity contribution in [3.05, 3.63) is 53.6 Å². The Bertz CT molecular complexity index is 813. The van der Waals surface area contributed by atoms with Crippen molar-refractivity contribution in [3.8, 4) is 16.9 Å². The summed E-state index contributed by atoms with van der Waals surface area (Å²) >= 11 is 0. The standard InChI is InChI=1S/C25H29F5O/c1-2-3-4-5-17-6-8-18(9-7-17)14-19-15-22(26)24(23(27)16-19)20-10-12-21(13-11-20)31-25(28,29)30/h10-13,15-18H,2-9,14H2,1H3. The summed E-state index contributed by atoms with van der Waals surface area (Å²) < 4.78 is 70.1. The number of unbranched alkanes of at least 4 members (excludes halogenated alkanes) is 2. The minimum Gasteiger partial charge on any atom is -0.406 e. The Morgan fingerprint density at radius 2 is 1.45 bits per heavy atom. The maximum absolute atomic E-state index is 14.7. The van der Waals surface area contributed by atoms with E-state index >= 15 is 0 Å². The molecule has 1 aliphatic rings. The molecule has 0 N–H and O–H groups in total. The molecule has 6 heteroatoms. The van der Waals surface area contributed by atoms with Gasteiger partial charge in [-0.2, -0.15) is 0 Å². The van der Waals surface area contributed by atoms with Crippen LogP contribution in [0.25, 0.3) is 11.1 Å². The highest BCUT2D eigenvalue weighted by atomic mass is 19.4. The summed E-state index contributed by atoms with van der Waals surface area (Å²) in [5, 5.41) is 0. The monoisotopic (exact) mass is 440 g/mol. The predicted molar refractivity (Wildman–Crippen MR) is 112 cm³/mol. The molecular formula is C25H29F5O. The first-order valence-electron chi connectivity index (χ1n) is 11.1. The molecule has 0 spiro atoms. The van der Waals surface area contributed by atoms with Crippen LogP contribution in [0.3, 0.4) is 0 Å². The predicted octanol–water partition coefficient (Wildman–Crippen LogP) is 8.46. The van der Waals surface area contributed by atoms with Gasteiger partial charge in [0, 0.05) is 0 Å². The van der Waals surface area contributed by atoms with Crippen molar-refractivity contribution in [1.29, 1.82) is 0 Å².